The second-order valence-corrected chi connectivity index (χ2v) is 4.02. The number of rotatable bonds is 0. The van der Waals surface area contributed by atoms with E-state index >= 15 is 0 Å². The summed E-state index contributed by atoms with van der Waals surface area (Å²) in [7, 11) is 0. The Morgan fingerprint density at radius 1 is 1.20 bits per heavy atom. The SMILES string of the molecule is O=c1[nH]c2cccnc2c2c1CCCC2. The molecule has 0 saturated heterocycles. The zero-order valence-corrected chi connectivity index (χ0v) is 8.42. The average molecular weight is 200 g/mol. The molecule has 3 heteroatoms. The van der Waals surface area contributed by atoms with Crippen molar-refractivity contribution in [1.29, 1.82) is 0 Å². The Kier molecular flexibility index (Phi) is 1.84. The Morgan fingerprint density at radius 2 is 2.00 bits per heavy atom. The number of hydrogen-bond acceptors (Lipinski definition) is 2. The highest BCUT2D eigenvalue weighted by molar-refractivity contribution is 5.78. The summed E-state index contributed by atoms with van der Waals surface area (Å²) < 4.78 is 0. The van der Waals surface area contributed by atoms with E-state index in [2.05, 4.69) is 9.97 Å². The molecule has 0 saturated carbocycles. The third-order valence-corrected chi connectivity index (χ3v) is 3.08. The molecule has 2 heterocycles. The normalized spacial score (nSPS) is 15.2. The molecule has 0 spiro atoms. The van der Waals surface area contributed by atoms with Gasteiger partial charge in [0, 0.05) is 11.8 Å². The number of aryl methyl sites for hydroxylation is 1. The molecule has 1 aliphatic rings. The van der Waals surface area contributed by atoms with Gasteiger partial charge >= 0.3 is 0 Å². The van der Waals surface area contributed by atoms with Crippen LogP contribution in [-0.4, -0.2) is 9.97 Å². The second-order valence-electron chi connectivity index (χ2n) is 4.02. The van der Waals surface area contributed by atoms with E-state index in [1.54, 1.807) is 6.20 Å². The maximum absolute atomic E-state index is 11.8. The highest BCUT2D eigenvalue weighted by Gasteiger charge is 2.16. The van der Waals surface area contributed by atoms with Gasteiger partial charge in [-0.3, -0.25) is 9.78 Å². The van der Waals surface area contributed by atoms with Crippen LogP contribution in [0.5, 0.6) is 0 Å². The Labute approximate surface area is 87.2 Å². The standard InChI is InChI=1S/C12H12N2O/c15-12-9-5-2-1-4-8(9)11-10(14-12)6-3-7-13-11/h3,6-7H,1-2,4-5H2,(H,14,15). The van der Waals surface area contributed by atoms with Crippen molar-refractivity contribution in [3.8, 4) is 0 Å². The number of hydrogen-bond donors (Lipinski definition) is 1. The van der Waals surface area contributed by atoms with Gasteiger partial charge in [-0.05, 0) is 43.4 Å². The van der Waals surface area contributed by atoms with Crippen molar-refractivity contribution in [2.24, 2.45) is 0 Å². The molecule has 0 fully saturated rings. The molecular formula is C12H12N2O. The smallest absolute Gasteiger partial charge is 0.251 e. The average Bonchev–Trinajstić information content (AvgIpc) is 2.30. The van der Waals surface area contributed by atoms with Gasteiger partial charge in [0.1, 0.15) is 0 Å². The van der Waals surface area contributed by atoms with Gasteiger partial charge in [-0.1, -0.05) is 0 Å². The van der Waals surface area contributed by atoms with E-state index in [0.29, 0.717) is 0 Å². The van der Waals surface area contributed by atoms with Crippen molar-refractivity contribution in [2.75, 3.05) is 0 Å². The minimum atomic E-state index is 0.0743. The summed E-state index contributed by atoms with van der Waals surface area (Å²) >= 11 is 0. The number of pyridine rings is 2. The number of aromatic nitrogens is 2. The maximum atomic E-state index is 11.8. The number of nitrogens with one attached hydrogen (secondary N) is 1. The third kappa shape index (κ3) is 1.27. The molecule has 15 heavy (non-hydrogen) atoms. The summed E-state index contributed by atoms with van der Waals surface area (Å²) in [5, 5.41) is 0. The quantitative estimate of drug-likeness (QED) is 0.704. The molecule has 0 atom stereocenters. The first-order chi connectivity index (χ1) is 7.36. The molecule has 0 bridgehead atoms. The van der Waals surface area contributed by atoms with E-state index in [1.165, 1.54) is 12.0 Å². The van der Waals surface area contributed by atoms with Crippen LogP contribution in [0.15, 0.2) is 23.1 Å². The van der Waals surface area contributed by atoms with Crippen LogP contribution in [-0.2, 0) is 12.8 Å². The molecule has 1 aliphatic carbocycles. The van der Waals surface area contributed by atoms with E-state index in [1.807, 2.05) is 12.1 Å². The van der Waals surface area contributed by atoms with Crippen LogP contribution in [0.25, 0.3) is 11.0 Å². The van der Waals surface area contributed by atoms with Crippen LogP contribution in [0, 0.1) is 0 Å². The predicted octanol–water partition coefficient (Wildman–Crippen LogP) is 1.80. The first-order valence-electron chi connectivity index (χ1n) is 5.35. The van der Waals surface area contributed by atoms with Crippen molar-refractivity contribution < 1.29 is 0 Å². The number of nitrogens with zero attached hydrogens (tertiary/aromatic N) is 1. The maximum Gasteiger partial charge on any atom is 0.251 e. The molecule has 3 nitrogen and oxygen atoms in total. The van der Waals surface area contributed by atoms with Crippen molar-refractivity contribution >= 4 is 11.0 Å². The van der Waals surface area contributed by atoms with Crippen LogP contribution in [0.4, 0.5) is 0 Å². The molecule has 3 rings (SSSR count). The summed E-state index contributed by atoms with van der Waals surface area (Å²) in [6.45, 7) is 0. The van der Waals surface area contributed by atoms with Crippen LogP contribution < -0.4 is 5.56 Å². The van der Waals surface area contributed by atoms with Gasteiger partial charge in [0.2, 0.25) is 0 Å². The lowest BCUT2D eigenvalue weighted by molar-refractivity contribution is 0.681. The summed E-state index contributed by atoms with van der Waals surface area (Å²) in [5.74, 6) is 0. The van der Waals surface area contributed by atoms with Crippen molar-refractivity contribution in [2.45, 2.75) is 25.7 Å². The highest BCUT2D eigenvalue weighted by Crippen LogP contribution is 2.23. The lowest BCUT2D eigenvalue weighted by atomic mass is 9.92. The fraction of sp³-hybridized carbons (Fsp3) is 0.333. The van der Waals surface area contributed by atoms with Gasteiger partial charge in [0.15, 0.2) is 0 Å². The molecule has 2 aromatic heterocycles. The largest absolute Gasteiger partial charge is 0.320 e. The van der Waals surface area contributed by atoms with E-state index in [4.69, 9.17) is 0 Å². The summed E-state index contributed by atoms with van der Waals surface area (Å²) in [5.41, 5.74) is 4.04. The van der Waals surface area contributed by atoms with E-state index in [9.17, 15) is 4.79 Å². The van der Waals surface area contributed by atoms with Crippen molar-refractivity contribution in [1.82, 2.24) is 9.97 Å². The van der Waals surface area contributed by atoms with Gasteiger partial charge in [-0.2, -0.15) is 0 Å². The summed E-state index contributed by atoms with van der Waals surface area (Å²) in [4.78, 5) is 19.1. The topological polar surface area (TPSA) is 45.8 Å². The van der Waals surface area contributed by atoms with E-state index in [0.717, 1.165) is 35.9 Å². The van der Waals surface area contributed by atoms with Gasteiger partial charge in [0.25, 0.3) is 5.56 Å². The van der Waals surface area contributed by atoms with Crippen molar-refractivity contribution in [3.05, 3.63) is 39.8 Å². The first kappa shape index (κ1) is 8.65. The molecule has 76 valence electrons. The zero-order chi connectivity index (χ0) is 10.3. The van der Waals surface area contributed by atoms with Gasteiger partial charge in [-0.25, -0.2) is 0 Å². The monoisotopic (exact) mass is 200 g/mol. The minimum Gasteiger partial charge on any atom is -0.320 e. The van der Waals surface area contributed by atoms with Crippen LogP contribution in [0.3, 0.4) is 0 Å². The van der Waals surface area contributed by atoms with Crippen LogP contribution in [0.1, 0.15) is 24.0 Å². The molecular weight excluding hydrogens is 188 g/mol. The van der Waals surface area contributed by atoms with Crippen molar-refractivity contribution in [3.63, 3.8) is 0 Å². The Hall–Kier alpha value is -1.64. The Balaban J connectivity index is 2.44. The summed E-state index contributed by atoms with van der Waals surface area (Å²) in [6.07, 6.45) is 5.97. The van der Waals surface area contributed by atoms with E-state index < -0.39 is 0 Å². The fourth-order valence-corrected chi connectivity index (χ4v) is 2.36. The molecule has 0 radical (unpaired) electrons. The minimum absolute atomic E-state index is 0.0743. The Morgan fingerprint density at radius 3 is 2.87 bits per heavy atom. The second kappa shape index (κ2) is 3.19. The Bertz CT molecular complexity index is 571. The molecule has 0 aromatic carbocycles. The van der Waals surface area contributed by atoms with Crippen LogP contribution in [0.2, 0.25) is 0 Å². The highest BCUT2D eigenvalue weighted by atomic mass is 16.1. The first-order valence-corrected chi connectivity index (χ1v) is 5.35. The molecule has 0 aliphatic heterocycles. The van der Waals surface area contributed by atoms with Gasteiger partial charge in [-0.15, -0.1) is 0 Å². The fourth-order valence-electron chi connectivity index (χ4n) is 2.36. The van der Waals surface area contributed by atoms with Gasteiger partial charge in [0.05, 0.1) is 11.0 Å². The van der Waals surface area contributed by atoms with E-state index in [-0.39, 0.29) is 5.56 Å². The number of fused-ring (bicyclic) bond motifs is 3. The van der Waals surface area contributed by atoms with Crippen LogP contribution >= 0.6 is 0 Å². The van der Waals surface area contributed by atoms with Gasteiger partial charge < -0.3 is 4.98 Å². The molecule has 2 aromatic rings. The number of H-pyrrole nitrogens is 1. The molecule has 0 unspecified atom stereocenters. The molecule has 0 amide bonds. The lowest BCUT2D eigenvalue weighted by Gasteiger charge is -2.15. The third-order valence-electron chi connectivity index (χ3n) is 3.08. The summed E-state index contributed by atoms with van der Waals surface area (Å²) in [6, 6.07) is 3.77. The lowest BCUT2D eigenvalue weighted by Crippen LogP contribution is -2.19. The number of aromatic amines is 1. The predicted molar refractivity (Wildman–Crippen MR) is 59.0 cm³/mol. The molecule has 1 N–H and O–H groups in total. The zero-order valence-electron chi connectivity index (χ0n) is 8.42.